The van der Waals surface area contributed by atoms with E-state index in [4.69, 9.17) is 11.6 Å². The molecule has 2 amide bonds. The summed E-state index contributed by atoms with van der Waals surface area (Å²) in [4.78, 5) is 27.3. The number of halogens is 1. The van der Waals surface area contributed by atoms with Gasteiger partial charge in [0.05, 0.1) is 6.42 Å². The van der Waals surface area contributed by atoms with Crippen molar-refractivity contribution in [2.75, 3.05) is 26.2 Å². The Bertz CT molecular complexity index is 504. The van der Waals surface area contributed by atoms with E-state index in [0.29, 0.717) is 31.1 Å². The summed E-state index contributed by atoms with van der Waals surface area (Å²) in [6.45, 7) is 4.21. The molecule has 0 saturated carbocycles. The van der Waals surface area contributed by atoms with Gasteiger partial charge in [-0.2, -0.15) is 0 Å². The Kier molecular flexibility index (Phi) is 5.01. The first-order chi connectivity index (χ1) is 9.58. The monoisotopic (exact) mass is 294 g/mol. The van der Waals surface area contributed by atoms with Crippen LogP contribution in [0.2, 0.25) is 5.02 Å². The average molecular weight is 295 g/mol. The molecule has 1 aliphatic rings. The maximum absolute atomic E-state index is 12.3. The minimum Gasteiger partial charge on any atom is -0.341 e. The van der Waals surface area contributed by atoms with Gasteiger partial charge < -0.3 is 9.80 Å². The van der Waals surface area contributed by atoms with Gasteiger partial charge in [0.2, 0.25) is 11.8 Å². The first-order valence-corrected chi connectivity index (χ1v) is 7.22. The second-order valence-electron chi connectivity index (χ2n) is 5.01. The fourth-order valence-corrected chi connectivity index (χ4v) is 2.60. The first kappa shape index (κ1) is 14.9. The molecular weight excluding hydrogens is 276 g/mol. The molecule has 1 aliphatic heterocycles. The van der Waals surface area contributed by atoms with Crippen LogP contribution in [0.3, 0.4) is 0 Å². The summed E-state index contributed by atoms with van der Waals surface area (Å²) in [5.74, 6) is 0.147. The van der Waals surface area contributed by atoms with Crippen LogP contribution in [0, 0.1) is 0 Å². The minimum absolute atomic E-state index is 0.0727. The Hall–Kier alpha value is -1.55. The van der Waals surface area contributed by atoms with Crippen molar-refractivity contribution in [1.82, 2.24) is 9.80 Å². The number of amides is 2. The summed E-state index contributed by atoms with van der Waals surface area (Å²) in [7, 11) is 0. The Morgan fingerprint density at radius 1 is 1.10 bits per heavy atom. The number of carbonyl (C=O) groups is 2. The molecule has 0 spiro atoms. The zero-order chi connectivity index (χ0) is 14.5. The van der Waals surface area contributed by atoms with E-state index < -0.39 is 0 Å². The van der Waals surface area contributed by atoms with Crippen LogP contribution in [-0.4, -0.2) is 47.8 Å². The first-order valence-electron chi connectivity index (χ1n) is 6.84. The van der Waals surface area contributed by atoms with Crippen molar-refractivity contribution in [3.8, 4) is 0 Å². The molecule has 0 atom stereocenters. The van der Waals surface area contributed by atoms with Crippen LogP contribution in [0.25, 0.3) is 0 Å². The van der Waals surface area contributed by atoms with Crippen molar-refractivity contribution >= 4 is 23.4 Å². The smallest absolute Gasteiger partial charge is 0.227 e. The summed E-state index contributed by atoms with van der Waals surface area (Å²) >= 11 is 6.08. The molecular formula is C15H19ClN2O2. The third kappa shape index (κ3) is 3.73. The van der Waals surface area contributed by atoms with Crippen molar-refractivity contribution < 1.29 is 9.59 Å². The molecule has 20 heavy (non-hydrogen) atoms. The lowest BCUT2D eigenvalue weighted by molar-refractivity contribution is -0.132. The van der Waals surface area contributed by atoms with E-state index in [0.717, 1.165) is 18.5 Å². The second-order valence-corrected chi connectivity index (χ2v) is 5.42. The van der Waals surface area contributed by atoms with Gasteiger partial charge in [-0.3, -0.25) is 9.59 Å². The standard InChI is InChI=1S/C15H19ClN2O2/c1-12(19)17-7-4-8-18(10-9-17)15(20)11-13-5-2-3-6-14(13)16/h2-3,5-6H,4,7-11H2,1H3. The largest absolute Gasteiger partial charge is 0.341 e. The molecule has 1 heterocycles. The lowest BCUT2D eigenvalue weighted by atomic mass is 10.1. The van der Waals surface area contributed by atoms with E-state index in [9.17, 15) is 9.59 Å². The van der Waals surface area contributed by atoms with Crippen molar-refractivity contribution in [1.29, 1.82) is 0 Å². The number of rotatable bonds is 2. The SMILES string of the molecule is CC(=O)N1CCCN(C(=O)Cc2ccccc2Cl)CC1. The topological polar surface area (TPSA) is 40.6 Å². The summed E-state index contributed by atoms with van der Waals surface area (Å²) in [5, 5.41) is 0.626. The molecule has 0 N–H and O–H groups in total. The van der Waals surface area contributed by atoms with Crippen molar-refractivity contribution in [2.45, 2.75) is 19.8 Å². The molecule has 0 radical (unpaired) electrons. The Labute approximate surface area is 124 Å². The zero-order valence-electron chi connectivity index (χ0n) is 11.6. The number of hydrogen-bond acceptors (Lipinski definition) is 2. The zero-order valence-corrected chi connectivity index (χ0v) is 12.4. The third-order valence-electron chi connectivity index (χ3n) is 3.59. The molecule has 0 bridgehead atoms. The third-order valence-corrected chi connectivity index (χ3v) is 3.96. The van der Waals surface area contributed by atoms with Crippen molar-refractivity contribution in [2.24, 2.45) is 0 Å². The minimum atomic E-state index is 0.0727. The highest BCUT2D eigenvalue weighted by Crippen LogP contribution is 2.16. The molecule has 0 aliphatic carbocycles. The number of hydrogen-bond donors (Lipinski definition) is 0. The summed E-state index contributed by atoms with van der Waals surface area (Å²) in [5.41, 5.74) is 0.854. The van der Waals surface area contributed by atoms with Crippen LogP contribution in [0.5, 0.6) is 0 Å². The molecule has 5 heteroatoms. The molecule has 0 aromatic heterocycles. The molecule has 108 valence electrons. The van der Waals surface area contributed by atoms with Crippen molar-refractivity contribution in [3.63, 3.8) is 0 Å². The van der Waals surface area contributed by atoms with E-state index in [1.165, 1.54) is 0 Å². The Balaban J connectivity index is 1.96. The maximum atomic E-state index is 12.3. The predicted molar refractivity (Wildman–Crippen MR) is 78.6 cm³/mol. The Morgan fingerprint density at radius 2 is 1.75 bits per heavy atom. The van der Waals surface area contributed by atoms with Gasteiger partial charge >= 0.3 is 0 Å². The molecule has 4 nitrogen and oxygen atoms in total. The molecule has 1 aromatic carbocycles. The van der Waals surface area contributed by atoms with Crippen LogP contribution in [0.4, 0.5) is 0 Å². The van der Waals surface area contributed by atoms with Gasteiger partial charge in [0.1, 0.15) is 0 Å². The van der Waals surface area contributed by atoms with Crippen LogP contribution < -0.4 is 0 Å². The van der Waals surface area contributed by atoms with Crippen LogP contribution in [-0.2, 0) is 16.0 Å². The fraction of sp³-hybridized carbons (Fsp3) is 0.467. The van der Waals surface area contributed by atoms with Crippen LogP contribution >= 0.6 is 11.6 Å². The highest BCUT2D eigenvalue weighted by molar-refractivity contribution is 6.31. The highest BCUT2D eigenvalue weighted by atomic mass is 35.5. The van der Waals surface area contributed by atoms with Gasteiger partial charge in [0.15, 0.2) is 0 Å². The van der Waals surface area contributed by atoms with Crippen LogP contribution in [0.1, 0.15) is 18.9 Å². The number of carbonyl (C=O) groups excluding carboxylic acids is 2. The van der Waals surface area contributed by atoms with Crippen LogP contribution in [0.15, 0.2) is 24.3 Å². The molecule has 1 fully saturated rings. The number of nitrogens with zero attached hydrogens (tertiary/aromatic N) is 2. The number of benzene rings is 1. The normalized spacial score (nSPS) is 15.9. The van der Waals surface area contributed by atoms with E-state index >= 15 is 0 Å². The average Bonchev–Trinajstić information content (AvgIpc) is 2.67. The van der Waals surface area contributed by atoms with Crippen molar-refractivity contribution in [3.05, 3.63) is 34.9 Å². The Morgan fingerprint density at radius 3 is 2.45 bits per heavy atom. The lowest BCUT2D eigenvalue weighted by Gasteiger charge is -2.21. The van der Waals surface area contributed by atoms with Gasteiger partial charge in [-0.05, 0) is 18.1 Å². The maximum Gasteiger partial charge on any atom is 0.227 e. The summed E-state index contributed by atoms with van der Waals surface area (Å²) in [6.07, 6.45) is 1.15. The second kappa shape index (κ2) is 6.75. The van der Waals surface area contributed by atoms with Gasteiger partial charge in [-0.1, -0.05) is 29.8 Å². The van der Waals surface area contributed by atoms with Gasteiger partial charge in [-0.15, -0.1) is 0 Å². The van der Waals surface area contributed by atoms with E-state index in [1.54, 1.807) is 17.9 Å². The van der Waals surface area contributed by atoms with Gasteiger partial charge in [-0.25, -0.2) is 0 Å². The molecule has 1 saturated heterocycles. The highest BCUT2D eigenvalue weighted by Gasteiger charge is 2.20. The molecule has 0 unspecified atom stereocenters. The van der Waals surface area contributed by atoms with E-state index in [-0.39, 0.29) is 11.8 Å². The van der Waals surface area contributed by atoms with E-state index in [1.807, 2.05) is 23.1 Å². The molecule has 1 aromatic rings. The van der Waals surface area contributed by atoms with Gasteiger partial charge in [0, 0.05) is 38.1 Å². The lowest BCUT2D eigenvalue weighted by Crippen LogP contribution is -2.37. The van der Waals surface area contributed by atoms with E-state index in [2.05, 4.69) is 0 Å². The summed E-state index contributed by atoms with van der Waals surface area (Å²) in [6, 6.07) is 7.41. The molecule has 2 rings (SSSR count). The summed E-state index contributed by atoms with van der Waals surface area (Å²) < 4.78 is 0. The predicted octanol–water partition coefficient (Wildman–Crippen LogP) is 1.96. The fourth-order valence-electron chi connectivity index (χ4n) is 2.40. The quantitative estimate of drug-likeness (QED) is 0.837. The van der Waals surface area contributed by atoms with Gasteiger partial charge in [0.25, 0.3) is 0 Å².